The fraction of sp³-hybridized carbons (Fsp3) is 0.769. The number of hydrogen-bond acceptors (Lipinski definition) is 2. The second kappa shape index (κ2) is 7.17. The second-order valence-corrected chi connectivity index (χ2v) is 5.31. The van der Waals surface area contributed by atoms with Gasteiger partial charge >= 0.3 is 0 Å². The van der Waals surface area contributed by atoms with E-state index in [1.807, 2.05) is 0 Å². The van der Waals surface area contributed by atoms with Crippen LogP contribution < -0.4 is 5.32 Å². The van der Waals surface area contributed by atoms with Gasteiger partial charge in [-0.1, -0.05) is 27.2 Å². The van der Waals surface area contributed by atoms with Gasteiger partial charge in [-0.15, -0.1) is 0 Å². The van der Waals surface area contributed by atoms with E-state index in [0.29, 0.717) is 0 Å². The summed E-state index contributed by atoms with van der Waals surface area (Å²) in [7, 11) is 0. The van der Waals surface area contributed by atoms with Crippen LogP contribution in [0, 0.1) is 5.92 Å². The van der Waals surface area contributed by atoms with Crippen LogP contribution >= 0.6 is 15.9 Å². The Hall–Kier alpha value is -0.350. The van der Waals surface area contributed by atoms with Crippen molar-refractivity contribution in [2.45, 2.75) is 53.6 Å². The molecule has 0 spiro atoms. The minimum atomic E-state index is 0.734. The first kappa shape index (κ1) is 14.7. The van der Waals surface area contributed by atoms with Crippen LogP contribution in [0.1, 0.15) is 45.5 Å². The average molecular weight is 302 g/mol. The molecule has 0 aliphatic heterocycles. The third-order valence-corrected chi connectivity index (χ3v) is 4.09. The number of nitrogens with one attached hydrogen (secondary N) is 1. The highest BCUT2D eigenvalue weighted by atomic mass is 79.9. The maximum atomic E-state index is 4.59. The summed E-state index contributed by atoms with van der Waals surface area (Å²) in [5.41, 5.74) is 2.43. The summed E-state index contributed by atoms with van der Waals surface area (Å²) in [6.07, 6.45) is 2.20. The van der Waals surface area contributed by atoms with E-state index in [2.05, 4.69) is 58.7 Å². The van der Waals surface area contributed by atoms with E-state index in [1.165, 1.54) is 16.6 Å². The fourth-order valence-electron chi connectivity index (χ4n) is 1.77. The van der Waals surface area contributed by atoms with Crippen molar-refractivity contribution in [2.75, 3.05) is 6.54 Å². The Morgan fingerprint density at radius 1 is 1.35 bits per heavy atom. The van der Waals surface area contributed by atoms with E-state index in [4.69, 9.17) is 0 Å². The van der Waals surface area contributed by atoms with Crippen LogP contribution in [0.25, 0.3) is 0 Å². The number of hydrogen-bond donors (Lipinski definition) is 1. The quantitative estimate of drug-likeness (QED) is 0.837. The predicted molar refractivity (Wildman–Crippen MR) is 76.1 cm³/mol. The molecule has 0 saturated heterocycles. The molecule has 98 valence electrons. The minimum Gasteiger partial charge on any atom is -0.311 e. The molecular weight excluding hydrogens is 278 g/mol. The van der Waals surface area contributed by atoms with Crippen molar-refractivity contribution in [1.82, 2.24) is 15.1 Å². The molecule has 0 fully saturated rings. The van der Waals surface area contributed by atoms with E-state index >= 15 is 0 Å². The van der Waals surface area contributed by atoms with Crippen LogP contribution in [0.5, 0.6) is 0 Å². The van der Waals surface area contributed by atoms with Gasteiger partial charge in [0.1, 0.15) is 0 Å². The van der Waals surface area contributed by atoms with Crippen molar-refractivity contribution in [3.63, 3.8) is 0 Å². The molecule has 17 heavy (non-hydrogen) atoms. The van der Waals surface area contributed by atoms with Crippen LogP contribution in [-0.4, -0.2) is 16.3 Å². The van der Waals surface area contributed by atoms with Crippen molar-refractivity contribution < 1.29 is 0 Å². The van der Waals surface area contributed by atoms with Crippen molar-refractivity contribution in [2.24, 2.45) is 5.92 Å². The maximum Gasteiger partial charge on any atom is 0.0767 e. The zero-order valence-corrected chi connectivity index (χ0v) is 13.0. The molecule has 0 aliphatic carbocycles. The lowest BCUT2D eigenvalue weighted by atomic mass is 10.1. The molecular formula is C13H24BrN3. The molecule has 3 nitrogen and oxygen atoms in total. The third kappa shape index (κ3) is 3.81. The molecule has 1 aromatic heterocycles. The van der Waals surface area contributed by atoms with Gasteiger partial charge in [0, 0.05) is 13.1 Å². The summed E-state index contributed by atoms with van der Waals surface area (Å²) >= 11 is 3.66. The van der Waals surface area contributed by atoms with Gasteiger partial charge < -0.3 is 5.32 Å². The zero-order chi connectivity index (χ0) is 12.8. The molecule has 0 aromatic carbocycles. The molecule has 1 N–H and O–H groups in total. The normalized spacial score (nSPS) is 13.0. The molecule has 0 radical (unpaired) electrons. The first-order valence-electron chi connectivity index (χ1n) is 6.58. The third-order valence-electron chi connectivity index (χ3n) is 3.18. The van der Waals surface area contributed by atoms with E-state index in [0.717, 1.165) is 37.7 Å². The van der Waals surface area contributed by atoms with Gasteiger partial charge in [-0.25, -0.2) is 0 Å². The van der Waals surface area contributed by atoms with Crippen molar-refractivity contribution in [3.8, 4) is 0 Å². The molecule has 0 saturated carbocycles. The summed E-state index contributed by atoms with van der Waals surface area (Å²) in [6.45, 7) is 11.7. The topological polar surface area (TPSA) is 29.9 Å². The van der Waals surface area contributed by atoms with Crippen molar-refractivity contribution in [3.05, 3.63) is 15.9 Å². The predicted octanol–water partition coefficient (Wildman–Crippen LogP) is 3.36. The van der Waals surface area contributed by atoms with Crippen LogP contribution in [0.3, 0.4) is 0 Å². The second-order valence-electron chi connectivity index (χ2n) is 4.52. The lowest BCUT2D eigenvalue weighted by Gasteiger charge is -2.11. The monoisotopic (exact) mass is 301 g/mol. The van der Waals surface area contributed by atoms with Gasteiger partial charge in [0.15, 0.2) is 0 Å². The van der Waals surface area contributed by atoms with E-state index in [9.17, 15) is 0 Å². The summed E-state index contributed by atoms with van der Waals surface area (Å²) in [4.78, 5) is 0. The van der Waals surface area contributed by atoms with Crippen LogP contribution in [0.15, 0.2) is 4.47 Å². The Balaban J connectivity index is 2.66. The van der Waals surface area contributed by atoms with Gasteiger partial charge in [-0.2, -0.15) is 5.10 Å². The van der Waals surface area contributed by atoms with E-state index in [1.54, 1.807) is 0 Å². The molecule has 1 rings (SSSR count). The summed E-state index contributed by atoms with van der Waals surface area (Å²) < 4.78 is 3.27. The summed E-state index contributed by atoms with van der Waals surface area (Å²) in [5, 5.41) is 8.11. The van der Waals surface area contributed by atoms with Gasteiger partial charge in [-0.05, 0) is 41.7 Å². The van der Waals surface area contributed by atoms with Crippen molar-refractivity contribution in [1.29, 1.82) is 0 Å². The lowest BCUT2D eigenvalue weighted by molar-refractivity contribution is 0.486. The van der Waals surface area contributed by atoms with Gasteiger partial charge in [0.05, 0.1) is 15.9 Å². The Kier molecular flexibility index (Phi) is 6.20. The Bertz CT molecular complexity index is 347. The Morgan fingerprint density at radius 3 is 2.59 bits per heavy atom. The van der Waals surface area contributed by atoms with Gasteiger partial charge in [0.25, 0.3) is 0 Å². The smallest absolute Gasteiger partial charge is 0.0767 e. The molecule has 0 amide bonds. The van der Waals surface area contributed by atoms with Gasteiger partial charge in [-0.3, -0.25) is 4.68 Å². The van der Waals surface area contributed by atoms with Gasteiger partial charge in [0.2, 0.25) is 0 Å². The van der Waals surface area contributed by atoms with Crippen LogP contribution in [0.4, 0.5) is 0 Å². The Morgan fingerprint density at radius 2 is 2.06 bits per heavy atom. The number of aryl methyl sites for hydroxylation is 2. The highest BCUT2D eigenvalue weighted by molar-refractivity contribution is 9.10. The maximum absolute atomic E-state index is 4.59. The molecule has 1 heterocycles. The SMILES string of the molecule is CCc1nn(CC)c(CNCC(C)CC)c1Br. The highest BCUT2D eigenvalue weighted by Crippen LogP contribution is 2.22. The molecule has 0 bridgehead atoms. The fourth-order valence-corrected chi connectivity index (χ4v) is 2.47. The molecule has 4 heteroatoms. The van der Waals surface area contributed by atoms with E-state index in [-0.39, 0.29) is 0 Å². The molecule has 0 aliphatic rings. The molecule has 1 unspecified atom stereocenters. The van der Waals surface area contributed by atoms with Crippen LogP contribution in [-0.2, 0) is 19.5 Å². The first-order chi connectivity index (χ1) is 8.13. The van der Waals surface area contributed by atoms with E-state index < -0.39 is 0 Å². The number of rotatable bonds is 7. The zero-order valence-electron chi connectivity index (χ0n) is 11.4. The average Bonchev–Trinajstić information content (AvgIpc) is 2.65. The standard InChI is InChI=1S/C13H24BrN3/c1-5-10(4)8-15-9-12-13(14)11(6-2)16-17(12)7-3/h10,15H,5-9H2,1-4H3. The Labute approximate surface area is 113 Å². The number of nitrogens with zero attached hydrogens (tertiary/aromatic N) is 2. The van der Waals surface area contributed by atoms with Crippen LogP contribution in [0.2, 0.25) is 0 Å². The summed E-state index contributed by atoms with van der Waals surface area (Å²) in [5.74, 6) is 0.734. The number of aromatic nitrogens is 2. The first-order valence-corrected chi connectivity index (χ1v) is 7.37. The largest absolute Gasteiger partial charge is 0.311 e. The van der Waals surface area contributed by atoms with Crippen molar-refractivity contribution >= 4 is 15.9 Å². The highest BCUT2D eigenvalue weighted by Gasteiger charge is 2.13. The summed E-state index contributed by atoms with van der Waals surface area (Å²) in [6, 6.07) is 0. The lowest BCUT2D eigenvalue weighted by Crippen LogP contribution is -2.22. The molecule has 1 aromatic rings. The number of halogens is 1. The molecule has 1 atom stereocenters. The minimum absolute atomic E-state index is 0.734.